The molecule has 3 aromatic carbocycles. The highest BCUT2D eigenvalue weighted by Crippen LogP contribution is 2.22. The van der Waals surface area contributed by atoms with Crippen LogP contribution in [0.5, 0.6) is 0 Å². The Bertz CT molecular complexity index is 1420. The number of hydrogen-bond donors (Lipinski definition) is 1. The lowest BCUT2D eigenvalue weighted by molar-refractivity contribution is -0.141. The largest absolute Gasteiger partial charge is 0.355 e. The summed E-state index contributed by atoms with van der Waals surface area (Å²) in [5.74, 6) is -3.75. The zero-order valence-corrected chi connectivity index (χ0v) is 23.1. The van der Waals surface area contributed by atoms with Gasteiger partial charge in [0, 0.05) is 44.1 Å². The van der Waals surface area contributed by atoms with Gasteiger partial charge in [0.15, 0.2) is 11.6 Å². The molecular formula is C29H32F3N3O4S. The fourth-order valence-electron chi connectivity index (χ4n) is 4.30. The Morgan fingerprint density at radius 2 is 1.57 bits per heavy atom. The zero-order chi connectivity index (χ0) is 29.3. The molecule has 40 heavy (non-hydrogen) atoms. The highest BCUT2D eigenvalue weighted by molar-refractivity contribution is 7.92. The number of anilines is 1. The molecule has 0 aromatic heterocycles. The molecule has 0 spiro atoms. The third-order valence-corrected chi connectivity index (χ3v) is 7.46. The number of rotatable bonds is 13. The first-order valence-corrected chi connectivity index (χ1v) is 14.6. The fourth-order valence-corrected chi connectivity index (χ4v) is 5.26. The second kappa shape index (κ2) is 14.0. The average Bonchev–Trinajstić information content (AvgIpc) is 2.91. The number of amides is 2. The van der Waals surface area contributed by atoms with Crippen molar-refractivity contribution in [3.63, 3.8) is 0 Å². The molecule has 0 saturated heterocycles. The van der Waals surface area contributed by atoms with E-state index in [0.29, 0.717) is 6.54 Å². The van der Waals surface area contributed by atoms with Gasteiger partial charge < -0.3 is 10.2 Å². The fraction of sp³-hybridized carbons (Fsp3) is 0.310. The summed E-state index contributed by atoms with van der Waals surface area (Å²) < 4.78 is 67.5. The quantitative estimate of drug-likeness (QED) is 0.327. The molecule has 3 aromatic rings. The number of carbonyl (C=O) groups excluding carboxylic acids is 2. The Morgan fingerprint density at radius 1 is 0.900 bits per heavy atom. The van der Waals surface area contributed by atoms with Gasteiger partial charge in [-0.3, -0.25) is 13.9 Å². The summed E-state index contributed by atoms with van der Waals surface area (Å²) in [7, 11) is -3.89. The molecule has 0 heterocycles. The van der Waals surface area contributed by atoms with Gasteiger partial charge in [-0.05, 0) is 37.1 Å². The SMILES string of the molecule is CCNC(=O)[C@H](Cc1ccccc1)N(Cc1ccccc1F)C(=O)CCCN(c1ccc(F)c(F)c1)S(C)(=O)=O. The van der Waals surface area contributed by atoms with Gasteiger partial charge in [0.05, 0.1) is 11.9 Å². The van der Waals surface area contributed by atoms with Crippen molar-refractivity contribution in [2.75, 3.05) is 23.7 Å². The van der Waals surface area contributed by atoms with Crippen LogP contribution >= 0.6 is 0 Å². The average molecular weight is 576 g/mol. The van der Waals surface area contributed by atoms with Crippen molar-refractivity contribution in [2.45, 2.75) is 38.8 Å². The van der Waals surface area contributed by atoms with E-state index in [9.17, 15) is 31.2 Å². The van der Waals surface area contributed by atoms with Gasteiger partial charge in [-0.1, -0.05) is 48.5 Å². The van der Waals surface area contributed by atoms with E-state index < -0.39 is 45.3 Å². The Kier molecular flexibility index (Phi) is 10.7. The Hall–Kier alpha value is -3.86. The maximum absolute atomic E-state index is 14.6. The van der Waals surface area contributed by atoms with Gasteiger partial charge in [-0.2, -0.15) is 0 Å². The van der Waals surface area contributed by atoms with E-state index in [1.807, 2.05) is 30.3 Å². The summed E-state index contributed by atoms with van der Waals surface area (Å²) in [4.78, 5) is 28.1. The predicted molar refractivity (Wildman–Crippen MR) is 147 cm³/mol. The van der Waals surface area contributed by atoms with Crippen molar-refractivity contribution < 1.29 is 31.2 Å². The van der Waals surface area contributed by atoms with Crippen LogP contribution < -0.4 is 9.62 Å². The second-order valence-electron chi connectivity index (χ2n) is 9.25. The number of benzene rings is 3. The van der Waals surface area contributed by atoms with Crippen LogP contribution in [0.4, 0.5) is 18.9 Å². The third kappa shape index (κ3) is 8.32. The lowest BCUT2D eigenvalue weighted by Gasteiger charge is -2.32. The van der Waals surface area contributed by atoms with Crippen LogP contribution in [0.3, 0.4) is 0 Å². The van der Waals surface area contributed by atoms with Crippen LogP contribution in [0.2, 0.25) is 0 Å². The van der Waals surface area contributed by atoms with E-state index >= 15 is 0 Å². The summed E-state index contributed by atoms with van der Waals surface area (Å²) in [5.41, 5.74) is 0.936. The molecule has 3 rings (SSSR count). The standard InChI is InChI=1S/C29H32F3N3O4S/c1-3-33-29(37)27(18-21-10-5-4-6-11-21)34(20-22-12-7-8-13-24(22)30)28(36)14-9-17-35(40(2,38)39)23-15-16-25(31)26(32)19-23/h4-8,10-13,15-16,19,27H,3,9,14,17-18,20H2,1-2H3,(H,33,37)/t27-/m0/s1. The highest BCUT2D eigenvalue weighted by Gasteiger charge is 2.31. The maximum Gasteiger partial charge on any atom is 0.243 e. The molecule has 0 aliphatic carbocycles. The molecule has 0 aliphatic heterocycles. The highest BCUT2D eigenvalue weighted by atomic mass is 32.2. The number of hydrogen-bond acceptors (Lipinski definition) is 4. The van der Waals surface area contributed by atoms with Crippen LogP contribution in [0.25, 0.3) is 0 Å². The molecule has 1 atom stereocenters. The summed E-state index contributed by atoms with van der Waals surface area (Å²) in [6, 6.07) is 16.8. The van der Waals surface area contributed by atoms with E-state index in [1.54, 1.807) is 13.0 Å². The van der Waals surface area contributed by atoms with Crippen molar-refractivity contribution >= 4 is 27.5 Å². The number of likely N-dealkylation sites (N-methyl/N-ethyl adjacent to an activating group) is 1. The summed E-state index contributed by atoms with van der Waals surface area (Å²) in [6.45, 7) is 1.69. The van der Waals surface area contributed by atoms with Crippen molar-refractivity contribution in [3.8, 4) is 0 Å². The zero-order valence-electron chi connectivity index (χ0n) is 22.3. The number of nitrogens with one attached hydrogen (secondary N) is 1. The minimum Gasteiger partial charge on any atom is -0.355 e. The van der Waals surface area contributed by atoms with Crippen molar-refractivity contribution in [2.24, 2.45) is 0 Å². The Labute approximate surface area is 232 Å². The molecular weight excluding hydrogens is 543 g/mol. The van der Waals surface area contributed by atoms with E-state index in [1.165, 1.54) is 23.1 Å². The first-order chi connectivity index (χ1) is 19.0. The van der Waals surface area contributed by atoms with Crippen molar-refractivity contribution in [1.82, 2.24) is 10.2 Å². The third-order valence-electron chi connectivity index (χ3n) is 6.26. The lowest BCUT2D eigenvalue weighted by atomic mass is 10.0. The van der Waals surface area contributed by atoms with Crippen LogP contribution in [0.1, 0.15) is 30.9 Å². The minimum atomic E-state index is -3.89. The lowest BCUT2D eigenvalue weighted by Crippen LogP contribution is -2.50. The summed E-state index contributed by atoms with van der Waals surface area (Å²) >= 11 is 0. The molecule has 0 radical (unpaired) electrons. The molecule has 2 amide bonds. The van der Waals surface area contributed by atoms with Gasteiger partial charge >= 0.3 is 0 Å². The molecule has 1 N–H and O–H groups in total. The molecule has 7 nitrogen and oxygen atoms in total. The molecule has 0 aliphatic rings. The van der Waals surface area contributed by atoms with Gasteiger partial charge in [-0.25, -0.2) is 21.6 Å². The molecule has 0 unspecified atom stereocenters. The number of nitrogens with zero attached hydrogens (tertiary/aromatic N) is 2. The molecule has 11 heteroatoms. The van der Waals surface area contributed by atoms with Gasteiger partial charge in [0.1, 0.15) is 11.9 Å². The topological polar surface area (TPSA) is 86.8 Å². The summed E-state index contributed by atoms with van der Waals surface area (Å²) in [5, 5.41) is 2.75. The molecule has 0 saturated carbocycles. The van der Waals surface area contributed by atoms with Gasteiger partial charge in [-0.15, -0.1) is 0 Å². The Balaban J connectivity index is 1.87. The Morgan fingerprint density at radius 3 is 2.20 bits per heavy atom. The van der Waals surface area contributed by atoms with Crippen LogP contribution in [0, 0.1) is 17.5 Å². The van der Waals surface area contributed by atoms with E-state index in [4.69, 9.17) is 0 Å². The molecule has 0 fully saturated rings. The predicted octanol–water partition coefficient (Wildman–Crippen LogP) is 4.43. The normalized spacial score (nSPS) is 12.0. The van der Waals surface area contributed by atoms with Crippen molar-refractivity contribution in [3.05, 3.63) is 101 Å². The monoisotopic (exact) mass is 575 g/mol. The number of sulfonamides is 1. The van der Waals surface area contributed by atoms with Gasteiger partial charge in [0.2, 0.25) is 21.8 Å². The first kappa shape index (κ1) is 30.7. The number of carbonyl (C=O) groups is 2. The molecule has 0 bridgehead atoms. The number of halogens is 3. The van der Waals surface area contributed by atoms with Crippen LogP contribution in [-0.4, -0.2) is 50.5 Å². The minimum absolute atomic E-state index is 0.00608. The van der Waals surface area contributed by atoms with E-state index in [0.717, 1.165) is 34.3 Å². The smallest absolute Gasteiger partial charge is 0.243 e. The van der Waals surface area contributed by atoms with Crippen molar-refractivity contribution in [1.29, 1.82) is 0 Å². The second-order valence-corrected chi connectivity index (χ2v) is 11.2. The molecule has 214 valence electrons. The summed E-state index contributed by atoms with van der Waals surface area (Å²) in [6.07, 6.45) is 0.920. The van der Waals surface area contributed by atoms with E-state index in [-0.39, 0.29) is 43.6 Å². The van der Waals surface area contributed by atoms with E-state index in [2.05, 4.69) is 5.32 Å². The van der Waals surface area contributed by atoms with Gasteiger partial charge in [0.25, 0.3) is 0 Å². The van der Waals surface area contributed by atoms with Crippen LogP contribution in [0.15, 0.2) is 72.8 Å². The first-order valence-electron chi connectivity index (χ1n) is 12.8. The maximum atomic E-state index is 14.6. The van der Waals surface area contributed by atoms with Crippen LogP contribution in [-0.2, 0) is 32.6 Å².